The van der Waals surface area contributed by atoms with Crippen LogP contribution in [0.2, 0.25) is 5.02 Å². The van der Waals surface area contributed by atoms with Gasteiger partial charge >= 0.3 is 8.60 Å². The fourth-order valence-corrected chi connectivity index (χ4v) is 2.99. The molecule has 1 aromatic rings. The molecule has 0 saturated carbocycles. The van der Waals surface area contributed by atoms with Crippen molar-refractivity contribution in [3.05, 3.63) is 34.9 Å². The van der Waals surface area contributed by atoms with Crippen LogP contribution in [0.15, 0.2) is 24.3 Å². The zero-order valence-corrected chi connectivity index (χ0v) is 11.6. The fraction of sp³-hybridized carbons (Fsp3) is 0.500. The van der Waals surface area contributed by atoms with Crippen LogP contribution >= 0.6 is 20.2 Å². The third-order valence-electron chi connectivity index (χ3n) is 2.31. The molecule has 1 aromatic carbocycles. The molecule has 1 aliphatic heterocycles. The quantitative estimate of drug-likeness (QED) is 0.761. The highest BCUT2D eigenvalue weighted by molar-refractivity contribution is 7.41. The van der Waals surface area contributed by atoms with Gasteiger partial charge in [0.1, 0.15) is 0 Å². The van der Waals surface area contributed by atoms with Crippen molar-refractivity contribution < 1.29 is 13.6 Å². The van der Waals surface area contributed by atoms with E-state index in [0.29, 0.717) is 6.61 Å². The minimum Gasteiger partial charge on any atom is -0.312 e. The largest absolute Gasteiger partial charge is 0.333 e. The van der Waals surface area contributed by atoms with E-state index >= 15 is 0 Å². The predicted octanol–water partition coefficient (Wildman–Crippen LogP) is 4.47. The fourth-order valence-electron chi connectivity index (χ4n) is 1.58. The van der Waals surface area contributed by atoms with E-state index in [9.17, 15) is 0 Å². The molecule has 0 aliphatic carbocycles. The third-order valence-corrected chi connectivity index (χ3v) is 3.96. The van der Waals surface area contributed by atoms with Crippen LogP contribution in [0.4, 0.5) is 0 Å². The second-order valence-corrected chi connectivity index (χ2v) is 5.71. The first-order valence-electron chi connectivity index (χ1n) is 5.67. The van der Waals surface area contributed by atoms with Gasteiger partial charge in [0.25, 0.3) is 0 Å². The van der Waals surface area contributed by atoms with Crippen LogP contribution in [0.3, 0.4) is 0 Å². The van der Waals surface area contributed by atoms with Gasteiger partial charge in [-0.3, -0.25) is 0 Å². The van der Waals surface area contributed by atoms with Gasteiger partial charge < -0.3 is 13.6 Å². The van der Waals surface area contributed by atoms with Gasteiger partial charge in [0, 0.05) is 11.4 Å². The first-order valence-corrected chi connectivity index (χ1v) is 7.14. The summed E-state index contributed by atoms with van der Waals surface area (Å²) in [4.78, 5) is 0. The Morgan fingerprint density at radius 2 is 2.29 bits per heavy atom. The molecule has 5 heteroatoms. The van der Waals surface area contributed by atoms with E-state index < -0.39 is 8.60 Å². The lowest BCUT2D eigenvalue weighted by Crippen LogP contribution is -2.14. The molecule has 2 rings (SSSR count). The summed E-state index contributed by atoms with van der Waals surface area (Å²) in [5.74, 6) is 0. The Morgan fingerprint density at radius 3 is 3.00 bits per heavy atom. The Kier molecular flexibility index (Phi) is 4.78. The van der Waals surface area contributed by atoms with Crippen LogP contribution in [-0.4, -0.2) is 12.7 Å². The maximum Gasteiger partial charge on any atom is 0.333 e. The molecule has 1 saturated heterocycles. The predicted molar refractivity (Wildman–Crippen MR) is 69.0 cm³/mol. The van der Waals surface area contributed by atoms with Crippen molar-refractivity contribution in [2.75, 3.05) is 6.61 Å². The molecule has 1 heterocycles. The van der Waals surface area contributed by atoms with Crippen LogP contribution < -0.4 is 0 Å². The molecule has 17 heavy (non-hydrogen) atoms. The maximum absolute atomic E-state index is 5.97. The van der Waals surface area contributed by atoms with Crippen molar-refractivity contribution in [1.82, 2.24) is 0 Å². The third kappa shape index (κ3) is 3.90. The molecular weight excluding hydrogens is 259 g/mol. The smallest absolute Gasteiger partial charge is 0.312 e. The number of halogens is 1. The first kappa shape index (κ1) is 13.3. The summed E-state index contributed by atoms with van der Waals surface area (Å²) in [6, 6.07) is 7.74. The first-order chi connectivity index (χ1) is 8.15. The standard InChI is InChI=1S/C12H16ClO3P/c1-9(2)15-17-14-7-6-12(16-17)10-4-3-5-11(13)8-10/h3-5,8-9,12H,6-7H2,1-2H3. The normalized spacial score (nSPS) is 25.2. The SMILES string of the molecule is CC(C)OP1OCCC(c2cccc(Cl)c2)O1. The lowest BCUT2D eigenvalue weighted by Gasteiger charge is -2.29. The zero-order chi connectivity index (χ0) is 12.3. The topological polar surface area (TPSA) is 27.7 Å². The molecule has 0 aromatic heterocycles. The Balaban J connectivity index is 2.02. The van der Waals surface area contributed by atoms with E-state index in [1.54, 1.807) is 0 Å². The van der Waals surface area contributed by atoms with Gasteiger partial charge in [0.05, 0.1) is 18.8 Å². The van der Waals surface area contributed by atoms with Crippen molar-refractivity contribution >= 4 is 20.2 Å². The monoisotopic (exact) mass is 274 g/mol. The second-order valence-electron chi connectivity index (χ2n) is 4.15. The highest BCUT2D eigenvalue weighted by Gasteiger charge is 2.27. The van der Waals surface area contributed by atoms with E-state index in [0.717, 1.165) is 17.0 Å². The zero-order valence-electron chi connectivity index (χ0n) is 9.93. The van der Waals surface area contributed by atoms with Crippen LogP contribution in [-0.2, 0) is 13.6 Å². The average molecular weight is 275 g/mol. The van der Waals surface area contributed by atoms with E-state index in [1.807, 2.05) is 38.1 Å². The Hall–Kier alpha value is -0.180. The van der Waals surface area contributed by atoms with Crippen molar-refractivity contribution in [2.24, 2.45) is 0 Å². The number of benzene rings is 1. The summed E-state index contributed by atoms with van der Waals surface area (Å²) in [7, 11) is -1.23. The molecule has 3 nitrogen and oxygen atoms in total. The molecule has 1 aliphatic rings. The van der Waals surface area contributed by atoms with Gasteiger partial charge in [-0.05, 0) is 31.5 Å². The van der Waals surface area contributed by atoms with Gasteiger partial charge in [-0.2, -0.15) is 0 Å². The molecular formula is C12H16ClO3P. The average Bonchev–Trinajstić information content (AvgIpc) is 2.28. The molecule has 1 fully saturated rings. The van der Waals surface area contributed by atoms with Gasteiger partial charge in [-0.1, -0.05) is 23.7 Å². The molecule has 0 radical (unpaired) electrons. The molecule has 0 bridgehead atoms. The van der Waals surface area contributed by atoms with E-state index in [-0.39, 0.29) is 12.2 Å². The summed E-state index contributed by atoms with van der Waals surface area (Å²) < 4.78 is 16.8. The second kappa shape index (κ2) is 6.12. The minimum absolute atomic E-state index is 0.0207. The molecule has 94 valence electrons. The van der Waals surface area contributed by atoms with Crippen molar-refractivity contribution in [3.8, 4) is 0 Å². The minimum atomic E-state index is -1.23. The van der Waals surface area contributed by atoms with Gasteiger partial charge in [0.15, 0.2) is 0 Å². The Morgan fingerprint density at radius 1 is 1.47 bits per heavy atom. The van der Waals surface area contributed by atoms with Crippen molar-refractivity contribution in [3.63, 3.8) is 0 Å². The lowest BCUT2D eigenvalue weighted by atomic mass is 10.1. The number of hydrogen-bond acceptors (Lipinski definition) is 3. The summed E-state index contributed by atoms with van der Waals surface area (Å²) in [6.45, 7) is 4.60. The van der Waals surface area contributed by atoms with E-state index in [2.05, 4.69) is 0 Å². The lowest BCUT2D eigenvalue weighted by molar-refractivity contribution is 0.0500. The summed E-state index contributed by atoms with van der Waals surface area (Å²) in [5, 5.41) is 0.728. The number of hydrogen-bond donors (Lipinski definition) is 0. The summed E-state index contributed by atoms with van der Waals surface area (Å²) >= 11 is 5.97. The summed E-state index contributed by atoms with van der Waals surface area (Å²) in [5.41, 5.74) is 1.08. The van der Waals surface area contributed by atoms with Gasteiger partial charge in [-0.25, -0.2) is 0 Å². The molecule has 0 N–H and O–H groups in total. The Bertz CT molecular complexity index is 373. The van der Waals surface area contributed by atoms with Gasteiger partial charge in [0.2, 0.25) is 0 Å². The van der Waals surface area contributed by atoms with Crippen LogP contribution in [0.5, 0.6) is 0 Å². The summed E-state index contributed by atoms with van der Waals surface area (Å²) in [6.07, 6.45) is 0.965. The molecule has 0 amide bonds. The number of rotatable bonds is 3. The van der Waals surface area contributed by atoms with Gasteiger partial charge in [-0.15, -0.1) is 0 Å². The molecule has 2 atom stereocenters. The van der Waals surface area contributed by atoms with Crippen LogP contribution in [0.1, 0.15) is 31.9 Å². The van der Waals surface area contributed by atoms with Crippen molar-refractivity contribution in [2.45, 2.75) is 32.5 Å². The van der Waals surface area contributed by atoms with Crippen LogP contribution in [0.25, 0.3) is 0 Å². The molecule has 0 spiro atoms. The highest BCUT2D eigenvalue weighted by atomic mass is 35.5. The van der Waals surface area contributed by atoms with Crippen LogP contribution in [0, 0.1) is 0 Å². The van der Waals surface area contributed by atoms with E-state index in [4.69, 9.17) is 25.2 Å². The Labute approximate surface area is 108 Å². The van der Waals surface area contributed by atoms with Crippen molar-refractivity contribution in [1.29, 1.82) is 0 Å². The molecule has 2 unspecified atom stereocenters. The maximum atomic E-state index is 5.97. The highest BCUT2D eigenvalue weighted by Crippen LogP contribution is 2.50. The van der Waals surface area contributed by atoms with E-state index in [1.165, 1.54) is 0 Å².